The molecule has 0 saturated carbocycles. The number of methoxy groups -OCH3 is 1. The molecular formula is C18H22ClIN4O2. The molecule has 1 amide bonds. The molecule has 0 atom stereocenters. The van der Waals surface area contributed by atoms with Crippen LogP contribution >= 0.6 is 35.6 Å². The first-order chi connectivity index (χ1) is 12.1. The minimum atomic E-state index is -0.238. The van der Waals surface area contributed by atoms with Gasteiger partial charge in [0.15, 0.2) is 5.96 Å². The molecule has 2 aromatic carbocycles. The Hall–Kier alpha value is -1.84. The summed E-state index contributed by atoms with van der Waals surface area (Å²) in [5, 5.41) is 6.21. The Labute approximate surface area is 175 Å². The zero-order chi connectivity index (χ0) is 18.1. The number of para-hydroxylation sites is 1. The van der Waals surface area contributed by atoms with Crippen LogP contribution in [0.1, 0.15) is 15.9 Å². The number of anilines is 1. The van der Waals surface area contributed by atoms with Gasteiger partial charge in [-0.25, -0.2) is 0 Å². The van der Waals surface area contributed by atoms with Gasteiger partial charge in [0.25, 0.3) is 5.91 Å². The van der Waals surface area contributed by atoms with Crippen LogP contribution in [0.5, 0.6) is 0 Å². The van der Waals surface area contributed by atoms with Gasteiger partial charge >= 0.3 is 0 Å². The van der Waals surface area contributed by atoms with Crippen LogP contribution in [0.4, 0.5) is 5.69 Å². The fourth-order valence-corrected chi connectivity index (χ4v) is 2.41. The molecule has 0 unspecified atom stereocenters. The summed E-state index contributed by atoms with van der Waals surface area (Å²) in [6.45, 7) is 1.18. The normalized spacial score (nSPS) is 10.8. The van der Waals surface area contributed by atoms with Crippen LogP contribution < -0.4 is 16.4 Å². The maximum Gasteiger partial charge on any atom is 0.252 e. The number of nitrogens with two attached hydrogens (primary N) is 1. The van der Waals surface area contributed by atoms with Gasteiger partial charge in [-0.3, -0.25) is 9.79 Å². The molecule has 2 aromatic rings. The van der Waals surface area contributed by atoms with Gasteiger partial charge < -0.3 is 21.1 Å². The number of ether oxygens (including phenoxy) is 1. The third kappa shape index (κ3) is 6.81. The number of aliphatic imine (C=N–C) groups is 1. The van der Waals surface area contributed by atoms with Gasteiger partial charge in [0, 0.05) is 24.9 Å². The molecule has 26 heavy (non-hydrogen) atoms. The average molecular weight is 489 g/mol. The van der Waals surface area contributed by atoms with Crippen molar-refractivity contribution in [3.63, 3.8) is 0 Å². The Morgan fingerprint density at radius 3 is 2.62 bits per heavy atom. The minimum Gasteiger partial charge on any atom is -0.380 e. The summed E-state index contributed by atoms with van der Waals surface area (Å²) in [7, 11) is 1.63. The molecule has 0 fully saturated rings. The maximum atomic E-state index is 12.0. The number of guanidine groups is 1. The third-order valence-electron chi connectivity index (χ3n) is 3.38. The fourth-order valence-electron chi connectivity index (χ4n) is 2.19. The summed E-state index contributed by atoms with van der Waals surface area (Å²) in [6, 6.07) is 14.6. The predicted octanol–water partition coefficient (Wildman–Crippen LogP) is 3.26. The number of hydrogen-bond acceptors (Lipinski definition) is 3. The van der Waals surface area contributed by atoms with E-state index in [0.717, 1.165) is 11.3 Å². The molecule has 0 radical (unpaired) electrons. The van der Waals surface area contributed by atoms with Crippen molar-refractivity contribution in [1.82, 2.24) is 5.32 Å². The van der Waals surface area contributed by atoms with Gasteiger partial charge in [0.05, 0.1) is 23.7 Å². The number of nitrogens with one attached hydrogen (secondary N) is 2. The molecule has 0 aliphatic rings. The lowest BCUT2D eigenvalue weighted by molar-refractivity contribution is 0.0955. The molecule has 0 spiro atoms. The highest BCUT2D eigenvalue weighted by Crippen LogP contribution is 2.15. The number of hydrogen-bond donors (Lipinski definition) is 3. The van der Waals surface area contributed by atoms with Crippen molar-refractivity contribution < 1.29 is 9.53 Å². The Kier molecular flexibility index (Phi) is 10.0. The van der Waals surface area contributed by atoms with E-state index < -0.39 is 0 Å². The van der Waals surface area contributed by atoms with E-state index >= 15 is 0 Å². The monoisotopic (exact) mass is 488 g/mol. The first-order valence-electron chi connectivity index (χ1n) is 7.78. The summed E-state index contributed by atoms with van der Waals surface area (Å²) in [5.41, 5.74) is 8.15. The van der Waals surface area contributed by atoms with Crippen molar-refractivity contribution in [2.24, 2.45) is 10.7 Å². The first-order valence-corrected chi connectivity index (χ1v) is 8.16. The summed E-state index contributed by atoms with van der Waals surface area (Å²) in [6.07, 6.45) is 0. The topological polar surface area (TPSA) is 88.7 Å². The molecular weight excluding hydrogens is 467 g/mol. The highest BCUT2D eigenvalue weighted by Gasteiger charge is 2.08. The molecule has 0 aliphatic carbocycles. The quantitative estimate of drug-likeness (QED) is 0.242. The smallest absolute Gasteiger partial charge is 0.252 e. The van der Waals surface area contributed by atoms with Crippen LogP contribution in [0.3, 0.4) is 0 Å². The Balaban J connectivity index is 0.00000338. The van der Waals surface area contributed by atoms with Crippen LogP contribution in [0.2, 0.25) is 5.02 Å². The largest absolute Gasteiger partial charge is 0.380 e. The second-order valence-electron chi connectivity index (χ2n) is 5.22. The second-order valence-corrected chi connectivity index (χ2v) is 5.63. The van der Waals surface area contributed by atoms with Crippen LogP contribution in [0.15, 0.2) is 53.5 Å². The van der Waals surface area contributed by atoms with E-state index in [2.05, 4.69) is 15.6 Å². The Morgan fingerprint density at radius 1 is 1.19 bits per heavy atom. The Morgan fingerprint density at radius 2 is 1.88 bits per heavy atom. The Bertz CT molecular complexity index is 755. The van der Waals surface area contributed by atoms with E-state index in [1.807, 2.05) is 24.3 Å². The van der Waals surface area contributed by atoms with Gasteiger partial charge in [-0.05, 0) is 18.2 Å². The van der Waals surface area contributed by atoms with E-state index in [4.69, 9.17) is 22.1 Å². The highest BCUT2D eigenvalue weighted by atomic mass is 127. The standard InChI is InChI=1S/C18H21ClN4O2.HI/c1-25-12-13-6-2-5-9-16(13)23-18(20)22-11-10-21-17(24)14-7-3-4-8-15(14)19;/h2-9H,10-12H2,1H3,(H,21,24)(H3,20,22,23);1H. The maximum absolute atomic E-state index is 12.0. The summed E-state index contributed by atoms with van der Waals surface area (Å²) in [5.74, 6) is 0.0355. The number of amides is 1. The van der Waals surface area contributed by atoms with Crippen LogP contribution in [-0.2, 0) is 11.3 Å². The number of nitrogens with zero attached hydrogens (tertiary/aromatic N) is 1. The van der Waals surface area contributed by atoms with Gasteiger partial charge in [-0.15, -0.1) is 24.0 Å². The lowest BCUT2D eigenvalue weighted by atomic mass is 10.2. The van der Waals surface area contributed by atoms with Crippen LogP contribution in [0.25, 0.3) is 0 Å². The molecule has 0 aromatic heterocycles. The zero-order valence-corrected chi connectivity index (χ0v) is 17.5. The van der Waals surface area contributed by atoms with E-state index in [0.29, 0.717) is 30.3 Å². The molecule has 8 heteroatoms. The van der Waals surface area contributed by atoms with Crippen molar-refractivity contribution in [3.05, 3.63) is 64.7 Å². The second kappa shape index (κ2) is 11.7. The van der Waals surface area contributed by atoms with Gasteiger partial charge in [-0.1, -0.05) is 41.9 Å². The summed E-state index contributed by atoms with van der Waals surface area (Å²) < 4.78 is 5.15. The van der Waals surface area contributed by atoms with E-state index in [1.165, 1.54) is 0 Å². The van der Waals surface area contributed by atoms with Crippen LogP contribution in [-0.4, -0.2) is 32.1 Å². The van der Waals surface area contributed by atoms with Crippen molar-refractivity contribution in [2.45, 2.75) is 6.61 Å². The number of rotatable bonds is 7. The van der Waals surface area contributed by atoms with Gasteiger partial charge in [0.2, 0.25) is 0 Å². The molecule has 0 heterocycles. The van der Waals surface area contributed by atoms with E-state index in [9.17, 15) is 4.79 Å². The minimum absolute atomic E-state index is 0. The number of benzene rings is 2. The molecule has 0 saturated heterocycles. The van der Waals surface area contributed by atoms with Crippen molar-refractivity contribution >= 4 is 53.1 Å². The highest BCUT2D eigenvalue weighted by molar-refractivity contribution is 14.0. The molecule has 4 N–H and O–H groups in total. The first kappa shape index (κ1) is 22.2. The lowest BCUT2D eigenvalue weighted by Gasteiger charge is -2.11. The number of carbonyl (C=O) groups excluding carboxylic acids is 1. The van der Waals surface area contributed by atoms with Crippen molar-refractivity contribution in [1.29, 1.82) is 0 Å². The molecule has 6 nitrogen and oxygen atoms in total. The summed E-state index contributed by atoms with van der Waals surface area (Å²) in [4.78, 5) is 16.2. The van der Waals surface area contributed by atoms with Crippen molar-refractivity contribution in [3.8, 4) is 0 Å². The molecule has 0 aliphatic heterocycles. The lowest BCUT2D eigenvalue weighted by Crippen LogP contribution is -2.28. The number of carbonyl (C=O) groups is 1. The third-order valence-corrected chi connectivity index (χ3v) is 3.71. The van der Waals surface area contributed by atoms with E-state index in [1.54, 1.807) is 31.4 Å². The van der Waals surface area contributed by atoms with Gasteiger partial charge in [-0.2, -0.15) is 0 Å². The van der Waals surface area contributed by atoms with Gasteiger partial charge in [0.1, 0.15) is 0 Å². The zero-order valence-electron chi connectivity index (χ0n) is 14.4. The fraction of sp³-hybridized carbons (Fsp3) is 0.222. The van der Waals surface area contributed by atoms with Crippen LogP contribution in [0, 0.1) is 0 Å². The summed E-state index contributed by atoms with van der Waals surface area (Å²) >= 11 is 5.98. The molecule has 140 valence electrons. The average Bonchev–Trinajstić information content (AvgIpc) is 2.61. The predicted molar refractivity (Wildman–Crippen MR) is 116 cm³/mol. The molecule has 2 rings (SSSR count). The van der Waals surface area contributed by atoms with E-state index in [-0.39, 0.29) is 35.8 Å². The SMILES string of the molecule is COCc1ccccc1NC(N)=NCCNC(=O)c1ccccc1Cl.I. The number of halogens is 2. The van der Waals surface area contributed by atoms with Crippen molar-refractivity contribution in [2.75, 3.05) is 25.5 Å². The molecule has 0 bridgehead atoms.